The van der Waals surface area contributed by atoms with Gasteiger partial charge in [0.15, 0.2) is 0 Å². The van der Waals surface area contributed by atoms with Crippen molar-refractivity contribution in [2.75, 3.05) is 26.2 Å². The summed E-state index contributed by atoms with van der Waals surface area (Å²) in [6.07, 6.45) is 2.07. The fourth-order valence-corrected chi connectivity index (χ4v) is 3.03. The van der Waals surface area contributed by atoms with Gasteiger partial charge in [0, 0.05) is 33.1 Å². The number of hydrogen-bond acceptors (Lipinski definition) is 3. The Balaban J connectivity index is 1.94. The summed E-state index contributed by atoms with van der Waals surface area (Å²) < 4.78 is 0. The Morgan fingerprint density at radius 3 is 2.00 bits per heavy atom. The molecule has 0 aromatic carbocycles. The number of nitrogens with zero attached hydrogens (tertiary/aromatic N) is 2. The number of carboxylic acid groups (broad SMARTS) is 1. The number of piperazine rings is 1. The van der Waals surface area contributed by atoms with E-state index >= 15 is 0 Å². The Morgan fingerprint density at radius 1 is 0.947 bits per heavy atom. The molecule has 1 saturated heterocycles. The Kier molecular flexibility index (Phi) is 4.07. The van der Waals surface area contributed by atoms with Gasteiger partial charge >= 0.3 is 5.97 Å². The van der Waals surface area contributed by atoms with E-state index in [4.69, 9.17) is 5.11 Å². The molecule has 2 atom stereocenters. The summed E-state index contributed by atoms with van der Waals surface area (Å²) in [5.74, 6) is -1.79. The van der Waals surface area contributed by atoms with E-state index in [9.17, 15) is 14.4 Å². The number of carbonyl (C=O) groups excluding carboxylic acids is 2. The molecule has 0 aromatic heterocycles. The van der Waals surface area contributed by atoms with Gasteiger partial charge in [-0.2, -0.15) is 0 Å². The lowest BCUT2D eigenvalue weighted by atomic mass is 9.94. The lowest BCUT2D eigenvalue weighted by Gasteiger charge is -2.36. The van der Waals surface area contributed by atoms with Gasteiger partial charge in [0.25, 0.3) is 0 Å². The molecule has 1 aliphatic heterocycles. The summed E-state index contributed by atoms with van der Waals surface area (Å²) in [6, 6.07) is 0. The molecule has 0 spiro atoms. The van der Waals surface area contributed by atoms with Crippen molar-refractivity contribution in [1.29, 1.82) is 0 Å². The number of carboxylic acids is 1. The van der Waals surface area contributed by atoms with Crippen LogP contribution in [0.1, 0.15) is 26.2 Å². The number of amides is 2. The van der Waals surface area contributed by atoms with Crippen molar-refractivity contribution in [3.05, 3.63) is 0 Å². The van der Waals surface area contributed by atoms with Crippen molar-refractivity contribution in [3.8, 4) is 0 Å². The molecular weight excluding hydrogens is 248 g/mol. The van der Waals surface area contributed by atoms with Gasteiger partial charge in [0.05, 0.1) is 11.8 Å². The Labute approximate surface area is 112 Å². The molecule has 6 nitrogen and oxygen atoms in total. The molecule has 19 heavy (non-hydrogen) atoms. The molecule has 6 heteroatoms. The third kappa shape index (κ3) is 2.88. The summed E-state index contributed by atoms with van der Waals surface area (Å²) in [4.78, 5) is 38.1. The average molecular weight is 268 g/mol. The number of hydrogen-bond donors (Lipinski definition) is 1. The molecular formula is C13H20N2O4. The van der Waals surface area contributed by atoms with Crippen LogP contribution in [0.3, 0.4) is 0 Å². The van der Waals surface area contributed by atoms with Gasteiger partial charge in [-0.15, -0.1) is 0 Å². The summed E-state index contributed by atoms with van der Waals surface area (Å²) in [7, 11) is 0. The zero-order valence-electron chi connectivity index (χ0n) is 11.2. The van der Waals surface area contributed by atoms with Gasteiger partial charge in [0.2, 0.25) is 11.8 Å². The fraction of sp³-hybridized carbons (Fsp3) is 0.769. The number of aliphatic carboxylic acids is 1. The highest BCUT2D eigenvalue weighted by molar-refractivity contribution is 5.85. The zero-order valence-corrected chi connectivity index (χ0v) is 11.2. The van der Waals surface area contributed by atoms with Crippen LogP contribution in [0.4, 0.5) is 0 Å². The molecule has 0 aromatic rings. The van der Waals surface area contributed by atoms with Crippen molar-refractivity contribution < 1.29 is 19.5 Å². The summed E-state index contributed by atoms with van der Waals surface area (Å²) in [5.41, 5.74) is 0. The van der Waals surface area contributed by atoms with Gasteiger partial charge in [-0.05, 0) is 12.8 Å². The van der Waals surface area contributed by atoms with Crippen molar-refractivity contribution >= 4 is 17.8 Å². The first-order valence-corrected chi connectivity index (χ1v) is 6.78. The maximum absolute atomic E-state index is 12.4. The molecule has 1 N–H and O–H groups in total. The predicted octanol–water partition coefficient (Wildman–Crippen LogP) is 0.178. The van der Waals surface area contributed by atoms with Crippen molar-refractivity contribution in [2.45, 2.75) is 26.2 Å². The Bertz CT molecular complexity index is 388. The first-order valence-electron chi connectivity index (χ1n) is 6.78. The molecule has 1 saturated carbocycles. The van der Waals surface area contributed by atoms with Crippen LogP contribution in [-0.2, 0) is 14.4 Å². The van der Waals surface area contributed by atoms with Gasteiger partial charge in [-0.3, -0.25) is 14.4 Å². The monoisotopic (exact) mass is 268 g/mol. The summed E-state index contributed by atoms with van der Waals surface area (Å²) in [5, 5.41) is 9.12. The van der Waals surface area contributed by atoms with E-state index in [0.29, 0.717) is 39.0 Å². The van der Waals surface area contributed by atoms with E-state index in [2.05, 4.69) is 0 Å². The van der Waals surface area contributed by atoms with Crippen molar-refractivity contribution in [2.24, 2.45) is 11.8 Å². The first-order chi connectivity index (χ1) is 9.00. The Morgan fingerprint density at radius 2 is 1.47 bits per heavy atom. The minimum Gasteiger partial charge on any atom is -0.481 e. The van der Waals surface area contributed by atoms with E-state index in [1.165, 1.54) is 6.92 Å². The normalized spacial score (nSPS) is 27.4. The second-order valence-electron chi connectivity index (χ2n) is 5.31. The largest absolute Gasteiger partial charge is 0.481 e. The van der Waals surface area contributed by atoms with E-state index in [1.54, 1.807) is 9.80 Å². The minimum absolute atomic E-state index is 0.0244. The van der Waals surface area contributed by atoms with Gasteiger partial charge < -0.3 is 14.9 Å². The first kappa shape index (κ1) is 13.8. The molecule has 2 rings (SSSR count). The van der Waals surface area contributed by atoms with Gasteiger partial charge in [0.1, 0.15) is 0 Å². The topological polar surface area (TPSA) is 77.9 Å². The molecule has 0 radical (unpaired) electrons. The van der Waals surface area contributed by atoms with Crippen molar-refractivity contribution in [1.82, 2.24) is 9.80 Å². The standard InChI is InChI=1S/C13H20N2O4/c1-9(16)14-5-7-15(8-6-14)12(17)10-3-2-4-11(10)13(18)19/h10-11H,2-8H2,1H3,(H,18,19)/t10-,11+/m1/s1. The molecule has 0 bridgehead atoms. The molecule has 1 heterocycles. The van der Waals surface area contributed by atoms with Crippen LogP contribution in [0.2, 0.25) is 0 Å². The fourth-order valence-electron chi connectivity index (χ4n) is 3.03. The number of carbonyl (C=O) groups is 3. The SMILES string of the molecule is CC(=O)N1CCN(C(=O)[C@@H]2CCC[C@@H]2C(=O)O)CC1. The smallest absolute Gasteiger partial charge is 0.307 e. The average Bonchev–Trinajstić information content (AvgIpc) is 2.87. The Hall–Kier alpha value is -1.59. The molecule has 2 fully saturated rings. The van der Waals surface area contributed by atoms with Crippen LogP contribution in [0.5, 0.6) is 0 Å². The predicted molar refractivity (Wildman–Crippen MR) is 67.3 cm³/mol. The van der Waals surface area contributed by atoms with Crippen LogP contribution >= 0.6 is 0 Å². The van der Waals surface area contributed by atoms with Crippen LogP contribution in [0.15, 0.2) is 0 Å². The lowest BCUT2D eigenvalue weighted by molar-refractivity contribution is -0.150. The van der Waals surface area contributed by atoms with Crippen LogP contribution < -0.4 is 0 Å². The third-order valence-corrected chi connectivity index (χ3v) is 4.19. The van der Waals surface area contributed by atoms with E-state index in [-0.39, 0.29) is 17.7 Å². The van der Waals surface area contributed by atoms with Crippen molar-refractivity contribution in [3.63, 3.8) is 0 Å². The summed E-state index contributed by atoms with van der Waals surface area (Å²) >= 11 is 0. The minimum atomic E-state index is -0.863. The molecule has 106 valence electrons. The van der Waals surface area contributed by atoms with Crippen LogP contribution in [0, 0.1) is 11.8 Å². The van der Waals surface area contributed by atoms with E-state index in [0.717, 1.165) is 6.42 Å². The highest BCUT2D eigenvalue weighted by Crippen LogP contribution is 2.33. The highest BCUT2D eigenvalue weighted by Gasteiger charge is 2.40. The van der Waals surface area contributed by atoms with E-state index in [1.807, 2.05) is 0 Å². The lowest BCUT2D eigenvalue weighted by Crippen LogP contribution is -2.52. The van der Waals surface area contributed by atoms with Gasteiger partial charge in [-0.25, -0.2) is 0 Å². The van der Waals surface area contributed by atoms with Crippen LogP contribution in [0.25, 0.3) is 0 Å². The zero-order chi connectivity index (χ0) is 14.0. The second kappa shape index (κ2) is 5.59. The summed E-state index contributed by atoms with van der Waals surface area (Å²) in [6.45, 7) is 3.65. The third-order valence-electron chi connectivity index (χ3n) is 4.19. The van der Waals surface area contributed by atoms with E-state index < -0.39 is 11.9 Å². The molecule has 2 amide bonds. The molecule has 2 aliphatic rings. The maximum atomic E-state index is 12.4. The quantitative estimate of drug-likeness (QED) is 0.775. The highest BCUT2D eigenvalue weighted by atomic mass is 16.4. The molecule has 1 aliphatic carbocycles. The number of rotatable bonds is 2. The van der Waals surface area contributed by atoms with Gasteiger partial charge in [-0.1, -0.05) is 6.42 Å². The molecule has 0 unspecified atom stereocenters. The second-order valence-corrected chi connectivity index (χ2v) is 5.31. The van der Waals surface area contributed by atoms with Crippen LogP contribution in [-0.4, -0.2) is 58.9 Å². The maximum Gasteiger partial charge on any atom is 0.307 e.